The van der Waals surface area contributed by atoms with Crippen LogP contribution in [0.1, 0.15) is 37.9 Å². The summed E-state index contributed by atoms with van der Waals surface area (Å²) in [6.45, 7) is 10.0. The molecule has 98 valence electrons. The fourth-order valence-corrected chi connectivity index (χ4v) is 1.79. The molecule has 0 saturated heterocycles. The molecule has 0 spiro atoms. The zero-order chi connectivity index (χ0) is 13.2. The summed E-state index contributed by atoms with van der Waals surface area (Å²) < 4.78 is 7.28. The van der Waals surface area contributed by atoms with Crippen molar-refractivity contribution in [2.45, 2.75) is 46.3 Å². The van der Waals surface area contributed by atoms with E-state index in [1.165, 1.54) is 5.69 Å². The second-order valence-electron chi connectivity index (χ2n) is 5.66. The van der Waals surface area contributed by atoms with Gasteiger partial charge in [-0.05, 0) is 39.8 Å². The van der Waals surface area contributed by atoms with Crippen LogP contribution in [-0.4, -0.2) is 15.3 Å². The zero-order valence-electron chi connectivity index (χ0n) is 11.5. The molecule has 0 bridgehead atoms. The van der Waals surface area contributed by atoms with Crippen molar-refractivity contribution in [2.75, 3.05) is 0 Å². The number of nitrogens with zero attached hydrogens (tertiary/aromatic N) is 2. The Morgan fingerprint density at radius 3 is 2.78 bits per heavy atom. The molecule has 0 fully saturated rings. The fraction of sp³-hybridized carbons (Fsp3) is 0.500. The minimum Gasteiger partial charge on any atom is -0.361 e. The Labute approximate surface area is 108 Å². The lowest BCUT2D eigenvalue weighted by Crippen LogP contribution is -2.35. The topological polar surface area (TPSA) is 43.0 Å². The van der Waals surface area contributed by atoms with E-state index < -0.39 is 0 Å². The summed E-state index contributed by atoms with van der Waals surface area (Å²) in [7, 11) is 0. The van der Waals surface area contributed by atoms with Gasteiger partial charge in [0.1, 0.15) is 11.5 Å². The van der Waals surface area contributed by atoms with Crippen LogP contribution in [0.3, 0.4) is 0 Å². The van der Waals surface area contributed by atoms with Crippen LogP contribution in [0.4, 0.5) is 0 Å². The van der Waals surface area contributed by atoms with Gasteiger partial charge < -0.3 is 14.4 Å². The summed E-state index contributed by atoms with van der Waals surface area (Å²) in [5.74, 6) is 0.853. The first-order chi connectivity index (χ1) is 8.44. The van der Waals surface area contributed by atoms with E-state index in [0.717, 1.165) is 24.5 Å². The van der Waals surface area contributed by atoms with E-state index in [1.54, 1.807) is 0 Å². The summed E-state index contributed by atoms with van der Waals surface area (Å²) >= 11 is 0. The van der Waals surface area contributed by atoms with Crippen molar-refractivity contribution in [1.29, 1.82) is 0 Å². The molecule has 2 aromatic rings. The van der Waals surface area contributed by atoms with E-state index in [1.807, 2.05) is 13.0 Å². The van der Waals surface area contributed by atoms with Crippen LogP contribution in [0, 0.1) is 6.92 Å². The second kappa shape index (κ2) is 4.98. The van der Waals surface area contributed by atoms with Gasteiger partial charge in [-0.1, -0.05) is 5.16 Å². The van der Waals surface area contributed by atoms with Crippen LogP contribution in [0.15, 0.2) is 28.9 Å². The normalized spacial score (nSPS) is 12.0. The van der Waals surface area contributed by atoms with Gasteiger partial charge in [0, 0.05) is 30.0 Å². The van der Waals surface area contributed by atoms with Gasteiger partial charge in [0.2, 0.25) is 0 Å². The minimum absolute atomic E-state index is 0.125. The van der Waals surface area contributed by atoms with Gasteiger partial charge in [-0.2, -0.15) is 0 Å². The third-order valence-electron chi connectivity index (χ3n) is 2.73. The van der Waals surface area contributed by atoms with Crippen LogP contribution in [-0.2, 0) is 13.1 Å². The lowest BCUT2D eigenvalue weighted by molar-refractivity contribution is 0.387. The molecule has 0 amide bonds. The van der Waals surface area contributed by atoms with Crippen molar-refractivity contribution in [3.05, 3.63) is 41.5 Å². The average Bonchev–Trinajstić information content (AvgIpc) is 2.85. The zero-order valence-corrected chi connectivity index (χ0v) is 11.5. The largest absolute Gasteiger partial charge is 0.361 e. The van der Waals surface area contributed by atoms with Gasteiger partial charge in [0.05, 0.1) is 6.54 Å². The molecule has 2 rings (SSSR count). The quantitative estimate of drug-likeness (QED) is 0.903. The number of aryl methyl sites for hydroxylation is 1. The second-order valence-corrected chi connectivity index (χ2v) is 5.66. The van der Waals surface area contributed by atoms with Gasteiger partial charge in [-0.25, -0.2) is 0 Å². The Bertz CT molecular complexity index is 505. The molecule has 2 aromatic heterocycles. The first-order valence-electron chi connectivity index (χ1n) is 6.25. The number of rotatable bonds is 4. The van der Waals surface area contributed by atoms with Crippen molar-refractivity contribution in [2.24, 2.45) is 0 Å². The van der Waals surface area contributed by atoms with Crippen molar-refractivity contribution in [3.8, 4) is 0 Å². The molecule has 1 N–H and O–H groups in total. The lowest BCUT2D eigenvalue weighted by Gasteiger charge is -2.21. The van der Waals surface area contributed by atoms with Crippen LogP contribution in [0.5, 0.6) is 0 Å². The summed E-state index contributed by atoms with van der Waals surface area (Å²) in [5, 5.41) is 7.52. The lowest BCUT2D eigenvalue weighted by atomic mass is 10.1. The number of hydrogen-bond donors (Lipinski definition) is 1. The maximum absolute atomic E-state index is 5.09. The predicted molar refractivity (Wildman–Crippen MR) is 71.4 cm³/mol. The highest BCUT2D eigenvalue weighted by atomic mass is 16.5. The maximum Gasteiger partial charge on any atom is 0.133 e. The van der Waals surface area contributed by atoms with E-state index >= 15 is 0 Å². The van der Waals surface area contributed by atoms with Crippen molar-refractivity contribution in [3.63, 3.8) is 0 Å². The molecule has 0 unspecified atom stereocenters. The minimum atomic E-state index is 0.125. The molecule has 4 heteroatoms. The van der Waals surface area contributed by atoms with Crippen molar-refractivity contribution >= 4 is 0 Å². The van der Waals surface area contributed by atoms with E-state index in [0.29, 0.717) is 0 Å². The Morgan fingerprint density at radius 1 is 1.39 bits per heavy atom. The Balaban J connectivity index is 2.03. The molecular weight excluding hydrogens is 226 g/mol. The van der Waals surface area contributed by atoms with Crippen molar-refractivity contribution in [1.82, 2.24) is 15.0 Å². The highest BCUT2D eigenvalue weighted by Crippen LogP contribution is 2.10. The third-order valence-corrected chi connectivity index (χ3v) is 2.73. The monoisotopic (exact) mass is 247 g/mol. The van der Waals surface area contributed by atoms with Crippen LogP contribution in [0.25, 0.3) is 0 Å². The van der Waals surface area contributed by atoms with Gasteiger partial charge in [-0.15, -0.1) is 0 Å². The van der Waals surface area contributed by atoms with Gasteiger partial charge in [0.25, 0.3) is 0 Å². The summed E-state index contributed by atoms with van der Waals surface area (Å²) in [6, 6.07) is 6.17. The molecule has 0 aliphatic heterocycles. The predicted octanol–water partition coefficient (Wildman–Crippen LogP) is 2.72. The Morgan fingerprint density at radius 2 is 2.17 bits per heavy atom. The standard InChI is InChI=1S/C14H21N3O/c1-11-8-12(16-18-11)10-17-7-5-6-13(17)9-15-14(2,3)4/h5-8,15H,9-10H2,1-4H3. The average molecular weight is 247 g/mol. The number of nitrogens with one attached hydrogen (secondary N) is 1. The van der Waals surface area contributed by atoms with Crippen LogP contribution in [0.2, 0.25) is 0 Å². The molecule has 0 aliphatic carbocycles. The van der Waals surface area contributed by atoms with E-state index in [2.05, 4.69) is 54.1 Å². The third kappa shape index (κ3) is 3.47. The fourth-order valence-electron chi connectivity index (χ4n) is 1.79. The first-order valence-corrected chi connectivity index (χ1v) is 6.25. The molecule has 2 heterocycles. The van der Waals surface area contributed by atoms with Crippen molar-refractivity contribution < 1.29 is 4.52 Å². The molecule has 4 nitrogen and oxygen atoms in total. The molecule has 0 aromatic carbocycles. The van der Waals surface area contributed by atoms with E-state index in [9.17, 15) is 0 Å². The smallest absolute Gasteiger partial charge is 0.133 e. The summed E-state index contributed by atoms with van der Waals surface area (Å²) in [6.07, 6.45) is 2.07. The number of hydrogen-bond acceptors (Lipinski definition) is 3. The van der Waals surface area contributed by atoms with Gasteiger partial charge in [-0.3, -0.25) is 0 Å². The van der Waals surface area contributed by atoms with Crippen LogP contribution < -0.4 is 5.32 Å². The maximum atomic E-state index is 5.09. The molecule has 18 heavy (non-hydrogen) atoms. The highest BCUT2D eigenvalue weighted by Gasteiger charge is 2.10. The molecule has 0 aliphatic rings. The molecule has 0 saturated carbocycles. The SMILES string of the molecule is Cc1cc(Cn2cccc2CNC(C)(C)C)no1. The van der Waals surface area contributed by atoms with E-state index in [4.69, 9.17) is 4.52 Å². The van der Waals surface area contributed by atoms with Crippen LogP contribution >= 0.6 is 0 Å². The summed E-state index contributed by atoms with van der Waals surface area (Å²) in [5.41, 5.74) is 2.34. The molecular formula is C14H21N3O. The first kappa shape index (κ1) is 12.9. The molecule has 0 atom stereocenters. The Kier molecular flexibility index (Phi) is 3.57. The van der Waals surface area contributed by atoms with Gasteiger partial charge in [0.15, 0.2) is 0 Å². The molecule has 0 radical (unpaired) electrons. The van der Waals surface area contributed by atoms with E-state index in [-0.39, 0.29) is 5.54 Å². The number of aromatic nitrogens is 2. The van der Waals surface area contributed by atoms with Gasteiger partial charge >= 0.3 is 0 Å². The highest BCUT2D eigenvalue weighted by molar-refractivity contribution is 5.11. The summed E-state index contributed by atoms with van der Waals surface area (Å²) in [4.78, 5) is 0. The Hall–Kier alpha value is -1.55.